The molecule has 3 rings (SSSR count). The largest absolute Gasteiger partial charge is 0.491 e. The molecule has 0 aliphatic rings. The number of hydrogen-bond donors (Lipinski definition) is 3. The molecule has 2 aromatic heterocycles. The summed E-state index contributed by atoms with van der Waals surface area (Å²) in [5.41, 5.74) is 0.565. The molecule has 10 heteroatoms. The van der Waals surface area contributed by atoms with Gasteiger partial charge in [-0.1, -0.05) is 32.9 Å². The average Bonchev–Trinajstić information content (AvgIpc) is 3.17. The standard InChI is InChI=1S/C23H34N6O4/c1-5-16-9-8-10-18(13-16)33-15-17(30)14-29-19-20(27(4)23(32)26-21(19)31)25-22(29)24-11-12-28(6-2)7-3/h8-10,13,17,30H,5-7,11-12,14-15H2,1-4H3,(H,24,25)(H,26,31,32)/t17-/m0/s1. The number of aliphatic hydroxyl groups is 1. The molecule has 3 aromatic rings. The van der Waals surface area contributed by atoms with Gasteiger partial charge >= 0.3 is 5.69 Å². The molecule has 0 saturated heterocycles. The van der Waals surface area contributed by atoms with Crippen LogP contribution in [0.5, 0.6) is 5.75 Å². The van der Waals surface area contributed by atoms with Crippen LogP contribution in [-0.2, 0) is 20.0 Å². The van der Waals surface area contributed by atoms with Crippen molar-refractivity contribution in [1.29, 1.82) is 0 Å². The van der Waals surface area contributed by atoms with E-state index in [4.69, 9.17) is 4.74 Å². The van der Waals surface area contributed by atoms with Gasteiger partial charge in [-0.25, -0.2) is 4.79 Å². The van der Waals surface area contributed by atoms with Crippen LogP contribution in [0.25, 0.3) is 11.2 Å². The van der Waals surface area contributed by atoms with Crippen LogP contribution in [0.2, 0.25) is 0 Å². The SMILES string of the molecule is CCc1cccc(OC[C@@H](O)Cn2c(NCCN(CC)CC)nc3c2c(=O)[nH]c(=O)n3C)c1. The number of aromatic nitrogens is 4. The molecule has 0 radical (unpaired) electrons. The van der Waals surface area contributed by atoms with E-state index in [0.29, 0.717) is 18.2 Å². The molecule has 0 aliphatic carbocycles. The van der Waals surface area contributed by atoms with E-state index in [9.17, 15) is 14.7 Å². The number of ether oxygens (including phenoxy) is 1. The normalized spacial score (nSPS) is 12.4. The third-order valence-electron chi connectivity index (χ3n) is 5.76. The number of aryl methyl sites for hydroxylation is 2. The van der Waals surface area contributed by atoms with Crippen LogP contribution in [0.15, 0.2) is 33.9 Å². The maximum absolute atomic E-state index is 12.6. The molecule has 0 bridgehead atoms. The van der Waals surface area contributed by atoms with E-state index in [1.807, 2.05) is 24.3 Å². The topological polar surface area (TPSA) is 117 Å². The molecule has 1 atom stereocenters. The Morgan fingerprint density at radius 2 is 2.00 bits per heavy atom. The zero-order chi connectivity index (χ0) is 24.0. The van der Waals surface area contributed by atoms with E-state index < -0.39 is 17.4 Å². The van der Waals surface area contributed by atoms with Crippen LogP contribution in [0.3, 0.4) is 0 Å². The predicted octanol–water partition coefficient (Wildman–Crippen LogP) is 1.18. The van der Waals surface area contributed by atoms with Gasteiger partial charge in [-0.15, -0.1) is 0 Å². The van der Waals surface area contributed by atoms with E-state index >= 15 is 0 Å². The fourth-order valence-corrected chi connectivity index (χ4v) is 3.72. The van der Waals surface area contributed by atoms with Crippen molar-refractivity contribution in [3.63, 3.8) is 0 Å². The maximum Gasteiger partial charge on any atom is 0.329 e. The lowest BCUT2D eigenvalue weighted by atomic mass is 10.2. The van der Waals surface area contributed by atoms with Gasteiger partial charge in [0.15, 0.2) is 11.2 Å². The average molecular weight is 459 g/mol. The molecule has 0 fully saturated rings. The van der Waals surface area contributed by atoms with Crippen LogP contribution in [-0.4, -0.2) is 68.0 Å². The maximum atomic E-state index is 12.6. The Morgan fingerprint density at radius 1 is 1.24 bits per heavy atom. The van der Waals surface area contributed by atoms with Gasteiger partial charge in [-0.2, -0.15) is 4.98 Å². The fraction of sp³-hybridized carbons (Fsp3) is 0.522. The van der Waals surface area contributed by atoms with Gasteiger partial charge < -0.3 is 24.6 Å². The highest BCUT2D eigenvalue weighted by atomic mass is 16.5. The minimum atomic E-state index is -0.896. The molecule has 33 heavy (non-hydrogen) atoms. The molecule has 180 valence electrons. The van der Waals surface area contributed by atoms with Crippen molar-refractivity contribution in [3.05, 3.63) is 50.7 Å². The second kappa shape index (κ2) is 11.2. The van der Waals surface area contributed by atoms with Gasteiger partial charge in [-0.05, 0) is 37.2 Å². The molecule has 1 aromatic carbocycles. The number of hydrogen-bond acceptors (Lipinski definition) is 7. The van der Waals surface area contributed by atoms with Crippen LogP contribution < -0.4 is 21.3 Å². The number of fused-ring (bicyclic) bond motifs is 1. The monoisotopic (exact) mass is 458 g/mol. The summed E-state index contributed by atoms with van der Waals surface area (Å²) in [6.07, 6.45) is -0.00205. The number of rotatable bonds is 12. The van der Waals surface area contributed by atoms with E-state index in [2.05, 4.69) is 41.0 Å². The van der Waals surface area contributed by atoms with Crippen molar-refractivity contribution >= 4 is 17.1 Å². The highest BCUT2D eigenvalue weighted by Gasteiger charge is 2.20. The zero-order valence-corrected chi connectivity index (χ0v) is 19.8. The van der Waals surface area contributed by atoms with Crippen molar-refractivity contribution in [2.75, 3.05) is 38.1 Å². The molecule has 10 nitrogen and oxygen atoms in total. The summed E-state index contributed by atoms with van der Waals surface area (Å²) in [4.78, 5) is 33.7. The highest BCUT2D eigenvalue weighted by molar-refractivity contribution is 5.74. The van der Waals surface area contributed by atoms with E-state index in [0.717, 1.165) is 31.6 Å². The van der Waals surface area contributed by atoms with Gasteiger partial charge in [-0.3, -0.25) is 14.3 Å². The number of nitrogens with zero attached hydrogens (tertiary/aromatic N) is 4. The second-order valence-electron chi connectivity index (χ2n) is 7.96. The number of likely N-dealkylation sites (N-methyl/N-ethyl adjacent to an activating group) is 1. The summed E-state index contributed by atoms with van der Waals surface area (Å²) < 4.78 is 8.68. The Bertz CT molecular complexity index is 1180. The van der Waals surface area contributed by atoms with Gasteiger partial charge in [0.05, 0.1) is 6.54 Å². The number of aliphatic hydroxyl groups excluding tert-OH is 1. The minimum Gasteiger partial charge on any atom is -0.491 e. The summed E-state index contributed by atoms with van der Waals surface area (Å²) in [5.74, 6) is 1.11. The molecular weight excluding hydrogens is 424 g/mol. The highest BCUT2D eigenvalue weighted by Crippen LogP contribution is 2.17. The Hall–Kier alpha value is -3.11. The van der Waals surface area contributed by atoms with Gasteiger partial charge in [0, 0.05) is 20.1 Å². The molecule has 0 aliphatic heterocycles. The molecule has 2 heterocycles. The van der Waals surface area contributed by atoms with E-state index in [1.54, 1.807) is 11.6 Å². The van der Waals surface area contributed by atoms with Crippen molar-refractivity contribution in [3.8, 4) is 5.75 Å². The van der Waals surface area contributed by atoms with Crippen molar-refractivity contribution in [2.24, 2.45) is 7.05 Å². The number of nitrogens with one attached hydrogen (secondary N) is 2. The summed E-state index contributed by atoms with van der Waals surface area (Å²) in [5, 5.41) is 14.0. The summed E-state index contributed by atoms with van der Waals surface area (Å²) in [6, 6.07) is 7.73. The Kier molecular flexibility index (Phi) is 8.29. The number of H-pyrrole nitrogens is 1. The van der Waals surface area contributed by atoms with E-state index in [1.165, 1.54) is 4.57 Å². The van der Waals surface area contributed by atoms with Crippen molar-refractivity contribution in [1.82, 2.24) is 24.0 Å². The summed E-state index contributed by atoms with van der Waals surface area (Å²) >= 11 is 0. The lowest BCUT2D eigenvalue weighted by Gasteiger charge is -2.19. The van der Waals surface area contributed by atoms with Crippen LogP contribution in [0.4, 0.5) is 5.95 Å². The summed E-state index contributed by atoms with van der Waals surface area (Å²) in [6.45, 7) is 9.65. The van der Waals surface area contributed by atoms with E-state index in [-0.39, 0.29) is 24.3 Å². The number of anilines is 1. The minimum absolute atomic E-state index is 0.0510. The predicted molar refractivity (Wildman–Crippen MR) is 129 cm³/mol. The molecule has 0 unspecified atom stereocenters. The van der Waals surface area contributed by atoms with Crippen LogP contribution in [0, 0.1) is 0 Å². The lowest BCUT2D eigenvalue weighted by Crippen LogP contribution is -2.31. The Morgan fingerprint density at radius 3 is 2.70 bits per heavy atom. The zero-order valence-electron chi connectivity index (χ0n) is 19.8. The van der Waals surface area contributed by atoms with Crippen molar-refractivity contribution < 1.29 is 9.84 Å². The fourth-order valence-electron chi connectivity index (χ4n) is 3.72. The number of aromatic amines is 1. The molecule has 0 saturated carbocycles. The van der Waals surface area contributed by atoms with Crippen molar-refractivity contribution in [2.45, 2.75) is 39.8 Å². The third kappa shape index (κ3) is 5.82. The number of benzene rings is 1. The van der Waals surface area contributed by atoms with Gasteiger partial charge in [0.2, 0.25) is 5.95 Å². The first-order chi connectivity index (χ1) is 15.9. The molecule has 3 N–H and O–H groups in total. The summed E-state index contributed by atoms with van der Waals surface area (Å²) in [7, 11) is 1.55. The first-order valence-corrected chi connectivity index (χ1v) is 11.4. The Balaban J connectivity index is 1.83. The second-order valence-corrected chi connectivity index (χ2v) is 7.96. The first-order valence-electron chi connectivity index (χ1n) is 11.4. The first kappa shape index (κ1) is 24.5. The smallest absolute Gasteiger partial charge is 0.329 e. The third-order valence-corrected chi connectivity index (χ3v) is 5.76. The van der Waals surface area contributed by atoms with Crippen LogP contribution in [0.1, 0.15) is 26.3 Å². The number of imidazole rings is 1. The molecular formula is C23H34N6O4. The van der Waals surface area contributed by atoms with Gasteiger partial charge in [0.1, 0.15) is 18.5 Å². The Labute approximate surface area is 192 Å². The lowest BCUT2D eigenvalue weighted by molar-refractivity contribution is 0.0938. The van der Waals surface area contributed by atoms with Crippen LogP contribution >= 0.6 is 0 Å². The van der Waals surface area contributed by atoms with Gasteiger partial charge in [0.25, 0.3) is 5.56 Å². The molecule has 0 amide bonds. The quantitative estimate of drug-likeness (QED) is 0.373. The molecule has 0 spiro atoms.